The molecule has 2 heterocycles. The molecular weight excluding hydrogens is 287 g/mol. The largest absolute Gasteiger partial charge is 0.481 e. The summed E-state index contributed by atoms with van der Waals surface area (Å²) < 4.78 is 5.17. The standard InChI is InChI=1S/C8H7IO4/c9-7(10)5-3-1-2-4(13-3)6(5)8(11)12/h1-6H,(H,11,12)/t3-,4+,5?,6?/m0/s1. The Hall–Kier alpha value is -0.430. The van der Waals surface area contributed by atoms with Crippen LogP contribution in [0.5, 0.6) is 0 Å². The normalized spacial score (nSPS) is 41.0. The summed E-state index contributed by atoms with van der Waals surface area (Å²) in [6.07, 6.45) is 2.76. The van der Waals surface area contributed by atoms with Crippen molar-refractivity contribution in [3.05, 3.63) is 12.2 Å². The minimum atomic E-state index is -0.952. The Labute approximate surface area is 88.1 Å². The fourth-order valence-electron chi connectivity index (χ4n) is 1.87. The van der Waals surface area contributed by atoms with E-state index in [0.717, 1.165) is 0 Å². The highest BCUT2D eigenvalue weighted by Crippen LogP contribution is 2.40. The Morgan fingerprint density at radius 1 is 1.23 bits per heavy atom. The van der Waals surface area contributed by atoms with E-state index in [1.165, 1.54) is 0 Å². The molecule has 0 amide bonds. The van der Waals surface area contributed by atoms with Crippen molar-refractivity contribution in [3.8, 4) is 0 Å². The predicted molar refractivity (Wildman–Crippen MR) is 51.4 cm³/mol. The molecule has 70 valence electrons. The van der Waals surface area contributed by atoms with Crippen LogP contribution in [0.25, 0.3) is 0 Å². The predicted octanol–water partition coefficient (Wildman–Crippen LogP) is 0.602. The van der Waals surface area contributed by atoms with Gasteiger partial charge in [-0.1, -0.05) is 12.2 Å². The molecule has 2 aliphatic heterocycles. The maximum atomic E-state index is 11.2. The lowest BCUT2D eigenvalue weighted by atomic mass is 9.84. The van der Waals surface area contributed by atoms with E-state index in [2.05, 4.69) is 0 Å². The lowest BCUT2D eigenvalue weighted by Crippen LogP contribution is -2.34. The fourth-order valence-corrected chi connectivity index (χ4v) is 2.61. The molecule has 0 spiro atoms. The number of halogens is 1. The van der Waals surface area contributed by atoms with Crippen molar-refractivity contribution in [3.63, 3.8) is 0 Å². The van der Waals surface area contributed by atoms with E-state index in [9.17, 15) is 9.59 Å². The zero-order chi connectivity index (χ0) is 9.59. The highest BCUT2D eigenvalue weighted by atomic mass is 127. The smallest absolute Gasteiger partial charge is 0.310 e. The molecule has 0 aromatic rings. The van der Waals surface area contributed by atoms with Crippen molar-refractivity contribution in [2.45, 2.75) is 12.2 Å². The summed E-state index contributed by atoms with van der Waals surface area (Å²) >= 11 is 1.64. The van der Waals surface area contributed by atoms with Gasteiger partial charge >= 0.3 is 5.97 Å². The molecule has 2 unspecified atom stereocenters. The van der Waals surface area contributed by atoms with Crippen LogP contribution in [0.15, 0.2) is 12.2 Å². The molecule has 2 rings (SSSR count). The Kier molecular flexibility index (Phi) is 2.15. The highest BCUT2D eigenvalue weighted by molar-refractivity contribution is 14.1. The quantitative estimate of drug-likeness (QED) is 0.460. The van der Waals surface area contributed by atoms with Gasteiger partial charge in [-0.05, 0) is 22.6 Å². The Bertz CT molecular complexity index is 271. The number of carbonyl (C=O) groups excluding carboxylic acids is 1. The van der Waals surface area contributed by atoms with Crippen LogP contribution in [0, 0.1) is 11.8 Å². The molecule has 1 saturated heterocycles. The number of hydrogen-bond acceptors (Lipinski definition) is 3. The van der Waals surface area contributed by atoms with Gasteiger partial charge in [-0.25, -0.2) is 0 Å². The molecule has 0 saturated carbocycles. The van der Waals surface area contributed by atoms with Gasteiger partial charge in [0.05, 0.1) is 24.0 Å². The van der Waals surface area contributed by atoms with Crippen LogP contribution in [0.4, 0.5) is 0 Å². The first-order valence-corrected chi connectivity index (χ1v) is 4.95. The van der Waals surface area contributed by atoms with Gasteiger partial charge < -0.3 is 9.84 Å². The van der Waals surface area contributed by atoms with Crippen molar-refractivity contribution in [2.75, 3.05) is 0 Å². The van der Waals surface area contributed by atoms with Crippen LogP contribution in [0.2, 0.25) is 0 Å². The zero-order valence-corrected chi connectivity index (χ0v) is 8.67. The van der Waals surface area contributed by atoms with Crippen LogP contribution >= 0.6 is 22.6 Å². The van der Waals surface area contributed by atoms with Gasteiger partial charge in [0.1, 0.15) is 0 Å². The molecule has 0 aliphatic carbocycles. The van der Waals surface area contributed by atoms with Crippen molar-refractivity contribution in [1.82, 2.24) is 0 Å². The van der Waals surface area contributed by atoms with Crippen LogP contribution in [0.3, 0.4) is 0 Å². The van der Waals surface area contributed by atoms with Gasteiger partial charge in [-0.3, -0.25) is 9.59 Å². The average Bonchev–Trinajstić information content (AvgIpc) is 2.60. The van der Waals surface area contributed by atoms with E-state index < -0.39 is 23.9 Å². The second-order valence-electron chi connectivity index (χ2n) is 3.14. The monoisotopic (exact) mass is 294 g/mol. The molecule has 4 nitrogen and oxygen atoms in total. The first kappa shape index (κ1) is 9.14. The van der Waals surface area contributed by atoms with E-state index in [-0.39, 0.29) is 9.89 Å². The summed E-state index contributed by atoms with van der Waals surface area (Å²) in [4.78, 5) is 22.0. The summed E-state index contributed by atoms with van der Waals surface area (Å²) in [7, 11) is 0. The number of hydrogen-bond donors (Lipinski definition) is 1. The van der Waals surface area contributed by atoms with Gasteiger partial charge in [-0.2, -0.15) is 0 Å². The summed E-state index contributed by atoms with van der Waals surface area (Å²) in [5.74, 6) is -2.15. The van der Waals surface area contributed by atoms with Crippen molar-refractivity contribution >= 4 is 32.4 Å². The molecule has 13 heavy (non-hydrogen) atoms. The molecule has 5 heteroatoms. The maximum Gasteiger partial charge on any atom is 0.310 e. The molecule has 0 aromatic heterocycles. The summed E-state index contributed by atoms with van der Waals surface area (Å²) in [6, 6.07) is 0. The molecular formula is C8H7IO4. The SMILES string of the molecule is O=C(I)C1C(C(=O)O)[C@H]2C=C[C@@H]1O2. The first-order chi connectivity index (χ1) is 6.11. The van der Waals surface area contributed by atoms with E-state index >= 15 is 0 Å². The molecule has 1 fully saturated rings. The molecule has 1 N–H and O–H groups in total. The van der Waals surface area contributed by atoms with Gasteiger partial charge in [0.15, 0.2) is 3.79 Å². The number of carboxylic acids is 1. The summed E-state index contributed by atoms with van der Waals surface area (Å²) in [5, 5.41) is 8.89. The molecule has 2 aliphatic rings. The lowest BCUT2D eigenvalue weighted by Gasteiger charge is -2.17. The average molecular weight is 294 g/mol. The lowest BCUT2D eigenvalue weighted by molar-refractivity contribution is -0.145. The number of rotatable bonds is 2. The Morgan fingerprint density at radius 2 is 1.77 bits per heavy atom. The third-order valence-corrected chi connectivity index (χ3v) is 3.17. The third-order valence-electron chi connectivity index (χ3n) is 2.45. The number of carboxylic acid groups (broad SMARTS) is 1. The van der Waals surface area contributed by atoms with Gasteiger partial charge in [-0.15, -0.1) is 0 Å². The van der Waals surface area contributed by atoms with Crippen LogP contribution in [-0.4, -0.2) is 27.1 Å². The molecule has 2 bridgehead atoms. The zero-order valence-electron chi connectivity index (χ0n) is 6.51. The van der Waals surface area contributed by atoms with E-state index in [1.807, 2.05) is 0 Å². The Balaban J connectivity index is 2.30. The minimum absolute atomic E-state index is 0.137. The van der Waals surface area contributed by atoms with E-state index in [0.29, 0.717) is 0 Å². The maximum absolute atomic E-state index is 11.2. The molecule has 0 radical (unpaired) electrons. The van der Waals surface area contributed by atoms with Gasteiger partial charge in [0.2, 0.25) is 0 Å². The van der Waals surface area contributed by atoms with Gasteiger partial charge in [0.25, 0.3) is 0 Å². The van der Waals surface area contributed by atoms with E-state index in [1.54, 1.807) is 34.7 Å². The van der Waals surface area contributed by atoms with Gasteiger partial charge in [0, 0.05) is 0 Å². The van der Waals surface area contributed by atoms with Crippen molar-refractivity contribution < 1.29 is 19.4 Å². The number of aliphatic carboxylic acids is 1. The topological polar surface area (TPSA) is 63.6 Å². The molecule has 4 atom stereocenters. The van der Waals surface area contributed by atoms with Crippen LogP contribution < -0.4 is 0 Å². The summed E-state index contributed by atoms with van der Waals surface area (Å²) in [5.41, 5.74) is 0. The minimum Gasteiger partial charge on any atom is -0.481 e. The second kappa shape index (κ2) is 3.06. The van der Waals surface area contributed by atoms with Crippen molar-refractivity contribution in [1.29, 1.82) is 0 Å². The fraction of sp³-hybridized carbons (Fsp3) is 0.500. The Morgan fingerprint density at radius 3 is 2.15 bits per heavy atom. The first-order valence-electron chi connectivity index (χ1n) is 3.87. The number of ether oxygens (including phenoxy) is 1. The second-order valence-corrected chi connectivity index (χ2v) is 4.21. The highest BCUT2D eigenvalue weighted by Gasteiger charge is 2.52. The number of carbonyl (C=O) groups is 2. The molecule has 0 aromatic carbocycles. The van der Waals surface area contributed by atoms with Crippen LogP contribution in [-0.2, 0) is 14.3 Å². The summed E-state index contributed by atoms with van der Waals surface area (Å²) in [6.45, 7) is 0. The van der Waals surface area contributed by atoms with Crippen molar-refractivity contribution in [2.24, 2.45) is 11.8 Å². The number of fused-ring (bicyclic) bond motifs is 2. The van der Waals surface area contributed by atoms with E-state index in [4.69, 9.17) is 9.84 Å². The van der Waals surface area contributed by atoms with Crippen LogP contribution in [0.1, 0.15) is 0 Å². The third kappa shape index (κ3) is 1.30.